The molecular weight excluding hydrogens is 314 g/mol. The molecule has 0 aliphatic heterocycles. The Kier molecular flexibility index (Phi) is 22.9. The van der Waals surface area contributed by atoms with Crippen molar-refractivity contribution in [2.75, 3.05) is 0 Å². The summed E-state index contributed by atoms with van der Waals surface area (Å²) in [6.07, 6.45) is 28.0. The predicted molar refractivity (Wildman–Crippen MR) is 118 cm³/mol. The van der Waals surface area contributed by atoms with Gasteiger partial charge in [0.1, 0.15) is 0 Å². The molecule has 0 atom stereocenters. The average molecular weight is 360 g/mol. The highest BCUT2D eigenvalue weighted by Gasteiger charge is 1.95. The lowest BCUT2D eigenvalue weighted by Gasteiger charge is -2.03. The van der Waals surface area contributed by atoms with Gasteiger partial charge in [0, 0.05) is 18.4 Å². The Hall–Kier alpha value is -1.08. The summed E-state index contributed by atoms with van der Waals surface area (Å²) < 4.78 is 0. The molecule has 0 fully saturated rings. The third-order valence-electron chi connectivity index (χ3n) is 5.13. The highest BCUT2D eigenvalue weighted by Crippen LogP contribution is 2.14. The van der Waals surface area contributed by atoms with Gasteiger partial charge in [-0.15, -0.1) is 0 Å². The van der Waals surface area contributed by atoms with Crippen molar-refractivity contribution in [2.24, 2.45) is 5.73 Å². The van der Waals surface area contributed by atoms with E-state index in [1.54, 1.807) is 0 Å². The second kappa shape index (κ2) is 23.9. The van der Waals surface area contributed by atoms with Crippen molar-refractivity contribution >= 4 is 0 Å². The van der Waals surface area contributed by atoms with Crippen LogP contribution in [0.3, 0.4) is 0 Å². The Balaban J connectivity index is 3.03. The first kappa shape index (κ1) is 24.9. The van der Waals surface area contributed by atoms with E-state index in [4.69, 9.17) is 5.73 Å². The minimum atomic E-state index is 0.966. The topological polar surface area (TPSA) is 26.0 Å². The summed E-state index contributed by atoms with van der Waals surface area (Å²) >= 11 is 0. The normalized spacial score (nSPS) is 10.0. The fourth-order valence-electron chi connectivity index (χ4n) is 3.43. The number of rotatable bonds is 19. The Bertz CT molecular complexity index is 376. The van der Waals surface area contributed by atoms with Crippen LogP contribution in [-0.4, -0.2) is 0 Å². The molecule has 0 saturated carbocycles. The van der Waals surface area contributed by atoms with Gasteiger partial charge in [-0.05, 0) is 12.3 Å². The zero-order valence-electron chi connectivity index (χ0n) is 17.7. The van der Waals surface area contributed by atoms with Gasteiger partial charge < -0.3 is 5.73 Å². The summed E-state index contributed by atoms with van der Waals surface area (Å²) in [5.41, 5.74) is 5.05. The molecule has 0 spiro atoms. The first-order valence-electron chi connectivity index (χ1n) is 11.6. The van der Waals surface area contributed by atoms with Gasteiger partial charge >= 0.3 is 0 Å². The third-order valence-corrected chi connectivity index (χ3v) is 5.13. The minimum absolute atomic E-state index is 0.966. The van der Waals surface area contributed by atoms with Crippen LogP contribution in [-0.2, 0) is 0 Å². The zero-order valence-corrected chi connectivity index (χ0v) is 17.7. The van der Waals surface area contributed by atoms with E-state index in [9.17, 15) is 0 Å². The van der Waals surface area contributed by atoms with E-state index in [1.807, 2.05) is 0 Å². The van der Waals surface area contributed by atoms with Crippen LogP contribution in [0.1, 0.15) is 135 Å². The number of unbranched alkanes of at least 4 members (excludes halogenated alkanes) is 19. The lowest BCUT2D eigenvalue weighted by molar-refractivity contribution is 0.524. The van der Waals surface area contributed by atoms with Gasteiger partial charge in [-0.1, -0.05) is 128 Å². The molecule has 0 amide bonds. The van der Waals surface area contributed by atoms with Crippen molar-refractivity contribution in [3.05, 3.63) is 0 Å². The fourth-order valence-corrected chi connectivity index (χ4v) is 3.43. The molecule has 1 nitrogen and oxygen atoms in total. The summed E-state index contributed by atoms with van der Waals surface area (Å²) in [6.45, 7) is 2.29. The van der Waals surface area contributed by atoms with Crippen molar-refractivity contribution in [1.29, 1.82) is 0 Å². The van der Waals surface area contributed by atoms with Crippen LogP contribution in [0.15, 0.2) is 0 Å². The first-order chi connectivity index (χ1) is 12.9. The van der Waals surface area contributed by atoms with Gasteiger partial charge in [0.25, 0.3) is 0 Å². The standard InChI is InChI=1S/C25H45N/c1-2-3-4-5-6-7-8-9-10-11-12-13-14-15-16-17-18-19-20-21-22-23-24-25-26/h2-21,26H2,1H3. The molecular formula is C25H45N. The maximum Gasteiger partial charge on any atom is 0.0159 e. The number of hydrogen-bond donors (Lipinski definition) is 1. The molecule has 0 aromatic rings. The highest BCUT2D eigenvalue weighted by atomic mass is 14.4. The van der Waals surface area contributed by atoms with Crippen molar-refractivity contribution in [1.82, 2.24) is 0 Å². The van der Waals surface area contributed by atoms with Crippen LogP contribution >= 0.6 is 0 Å². The summed E-state index contributed by atoms with van der Waals surface area (Å²) in [5, 5.41) is 0. The van der Waals surface area contributed by atoms with Crippen LogP contribution < -0.4 is 5.73 Å². The average Bonchev–Trinajstić information content (AvgIpc) is 2.66. The van der Waals surface area contributed by atoms with Crippen LogP contribution in [0.25, 0.3) is 0 Å². The van der Waals surface area contributed by atoms with E-state index in [0.717, 1.165) is 6.42 Å². The maximum absolute atomic E-state index is 5.05. The Morgan fingerprint density at radius 3 is 1.15 bits per heavy atom. The molecule has 0 saturated heterocycles. The van der Waals surface area contributed by atoms with Crippen molar-refractivity contribution in [3.8, 4) is 23.8 Å². The van der Waals surface area contributed by atoms with Gasteiger partial charge in [-0.3, -0.25) is 0 Å². The molecule has 2 N–H and O–H groups in total. The lowest BCUT2D eigenvalue weighted by Crippen LogP contribution is -1.84. The Morgan fingerprint density at radius 2 is 0.808 bits per heavy atom. The monoisotopic (exact) mass is 359 g/mol. The van der Waals surface area contributed by atoms with Crippen molar-refractivity contribution in [3.63, 3.8) is 0 Å². The molecule has 1 heteroatoms. The fraction of sp³-hybridized carbons (Fsp3) is 0.840. The summed E-state index contributed by atoms with van der Waals surface area (Å²) in [6, 6.07) is 2.31. The van der Waals surface area contributed by atoms with Crippen molar-refractivity contribution < 1.29 is 0 Å². The highest BCUT2D eigenvalue weighted by molar-refractivity contribution is 5.24. The molecule has 0 aliphatic carbocycles. The first-order valence-corrected chi connectivity index (χ1v) is 11.6. The van der Waals surface area contributed by atoms with Gasteiger partial charge in [0.05, 0.1) is 0 Å². The zero-order chi connectivity index (χ0) is 19.0. The molecule has 0 radical (unpaired) electrons. The molecule has 0 heterocycles. The van der Waals surface area contributed by atoms with E-state index in [1.165, 1.54) is 122 Å². The van der Waals surface area contributed by atoms with Gasteiger partial charge in [-0.2, -0.15) is 0 Å². The van der Waals surface area contributed by atoms with Crippen LogP contribution in [0.5, 0.6) is 0 Å². The third kappa shape index (κ3) is 22.9. The molecule has 0 rings (SSSR count). The molecule has 0 aromatic carbocycles. The lowest BCUT2D eigenvalue weighted by atomic mass is 10.0. The molecule has 0 bridgehead atoms. The minimum Gasteiger partial charge on any atom is -0.359 e. The summed E-state index contributed by atoms with van der Waals surface area (Å²) in [5.74, 6) is 8.37. The summed E-state index contributed by atoms with van der Waals surface area (Å²) in [4.78, 5) is 0. The van der Waals surface area contributed by atoms with Crippen LogP contribution in [0.4, 0.5) is 0 Å². The van der Waals surface area contributed by atoms with E-state index < -0.39 is 0 Å². The second-order valence-corrected chi connectivity index (χ2v) is 7.69. The van der Waals surface area contributed by atoms with Crippen molar-refractivity contribution in [2.45, 2.75) is 135 Å². The van der Waals surface area contributed by atoms with Crippen LogP contribution in [0, 0.1) is 23.8 Å². The number of nitrogens with two attached hydrogens (primary N) is 1. The van der Waals surface area contributed by atoms with Crippen LogP contribution in [0.2, 0.25) is 0 Å². The van der Waals surface area contributed by atoms with E-state index in [2.05, 4.69) is 30.7 Å². The van der Waals surface area contributed by atoms with E-state index in [0.29, 0.717) is 0 Å². The predicted octanol–water partition coefficient (Wildman–Crippen LogP) is 7.73. The second-order valence-electron chi connectivity index (χ2n) is 7.69. The van der Waals surface area contributed by atoms with Gasteiger partial charge in [-0.25, -0.2) is 0 Å². The SMILES string of the molecule is CCCCCCCCCCCCCCCCCCCCCC#CC#CN. The molecule has 0 aliphatic rings. The quantitative estimate of drug-likeness (QED) is 0.142. The molecule has 26 heavy (non-hydrogen) atoms. The largest absolute Gasteiger partial charge is 0.359 e. The molecule has 150 valence electrons. The van der Waals surface area contributed by atoms with Gasteiger partial charge in [0.15, 0.2) is 0 Å². The van der Waals surface area contributed by atoms with Gasteiger partial charge in [0.2, 0.25) is 0 Å². The smallest absolute Gasteiger partial charge is 0.0159 e. The number of hydrogen-bond acceptors (Lipinski definition) is 1. The molecule has 0 aromatic heterocycles. The summed E-state index contributed by atoms with van der Waals surface area (Å²) in [7, 11) is 0. The Labute approximate surface area is 165 Å². The molecule has 0 unspecified atom stereocenters. The Morgan fingerprint density at radius 1 is 0.462 bits per heavy atom. The van der Waals surface area contributed by atoms with E-state index in [-0.39, 0.29) is 0 Å². The van der Waals surface area contributed by atoms with E-state index >= 15 is 0 Å². The maximum atomic E-state index is 5.05.